The molecule has 0 nitrogen and oxygen atoms in total. The molecule has 0 aliphatic carbocycles. The van der Waals surface area contributed by atoms with Crippen molar-refractivity contribution in [1.29, 1.82) is 0 Å². The molecule has 0 spiro atoms. The van der Waals surface area contributed by atoms with Crippen LogP contribution in [0.25, 0.3) is 0 Å². The highest BCUT2D eigenvalue weighted by Gasteiger charge is 1.92. The average molecular weight is 222 g/mol. The molecule has 0 saturated heterocycles. The van der Waals surface area contributed by atoms with Crippen LogP contribution in [0.5, 0.6) is 0 Å². The van der Waals surface area contributed by atoms with Crippen LogP contribution in [0, 0.1) is 0 Å². The third kappa shape index (κ3) is 11.6. The van der Waals surface area contributed by atoms with Gasteiger partial charge in [-0.1, -0.05) is 56.8 Å². The molecule has 0 N–H and O–H groups in total. The Morgan fingerprint density at radius 2 is 1.62 bits per heavy atom. The van der Waals surface area contributed by atoms with Gasteiger partial charge in [0.1, 0.15) is 0 Å². The summed E-state index contributed by atoms with van der Waals surface area (Å²) < 4.78 is 0. The normalized spacial score (nSPS) is 11.8. The second-order valence-electron chi connectivity index (χ2n) is 4.79. The molecule has 0 heteroatoms. The van der Waals surface area contributed by atoms with Gasteiger partial charge in [-0.15, -0.1) is 6.58 Å². The lowest BCUT2D eigenvalue weighted by atomic mass is 10.0. The quantitative estimate of drug-likeness (QED) is 0.295. The predicted molar refractivity (Wildman–Crippen MR) is 75.8 cm³/mol. The fourth-order valence-electron chi connectivity index (χ4n) is 1.88. The van der Waals surface area contributed by atoms with Gasteiger partial charge in [-0.2, -0.15) is 0 Å². The summed E-state index contributed by atoms with van der Waals surface area (Å²) >= 11 is 0. The molecule has 16 heavy (non-hydrogen) atoms. The molecular formula is C16H30. The summed E-state index contributed by atoms with van der Waals surface area (Å²) in [5.41, 5.74) is 1.60. The van der Waals surface area contributed by atoms with Crippen LogP contribution in [-0.2, 0) is 0 Å². The van der Waals surface area contributed by atoms with Gasteiger partial charge in [-0.05, 0) is 39.0 Å². The van der Waals surface area contributed by atoms with Crippen molar-refractivity contribution < 1.29 is 0 Å². The first kappa shape index (κ1) is 15.5. The predicted octanol–water partition coefficient (Wildman–Crippen LogP) is 6.04. The van der Waals surface area contributed by atoms with Gasteiger partial charge >= 0.3 is 0 Å². The fourth-order valence-corrected chi connectivity index (χ4v) is 1.88. The Balaban J connectivity index is 3.23. The maximum absolute atomic E-state index is 3.75. The first-order valence-electron chi connectivity index (χ1n) is 7.07. The first-order valence-corrected chi connectivity index (χ1v) is 7.07. The molecule has 0 heterocycles. The Morgan fingerprint density at radius 3 is 2.31 bits per heavy atom. The summed E-state index contributed by atoms with van der Waals surface area (Å²) in [6, 6.07) is 0. The topological polar surface area (TPSA) is 0 Å². The van der Waals surface area contributed by atoms with Gasteiger partial charge in [-0.25, -0.2) is 0 Å². The summed E-state index contributed by atoms with van der Waals surface area (Å²) in [5, 5.41) is 0. The van der Waals surface area contributed by atoms with Crippen LogP contribution in [0.2, 0.25) is 0 Å². The van der Waals surface area contributed by atoms with Crippen molar-refractivity contribution in [3.63, 3.8) is 0 Å². The van der Waals surface area contributed by atoms with Crippen molar-refractivity contribution in [2.24, 2.45) is 0 Å². The smallest absolute Gasteiger partial charge is 0.0323 e. The monoisotopic (exact) mass is 222 g/mol. The van der Waals surface area contributed by atoms with Crippen molar-refractivity contribution in [3.05, 3.63) is 24.3 Å². The maximum atomic E-state index is 3.75. The Kier molecular flexibility index (Phi) is 12.1. The molecule has 0 aromatic rings. The fraction of sp³-hybridized carbons (Fsp3) is 0.750. The molecule has 0 atom stereocenters. The Hall–Kier alpha value is -0.520. The van der Waals surface area contributed by atoms with Crippen LogP contribution in [-0.4, -0.2) is 0 Å². The molecular weight excluding hydrogens is 192 g/mol. The molecule has 94 valence electrons. The van der Waals surface area contributed by atoms with Gasteiger partial charge < -0.3 is 0 Å². The lowest BCUT2D eigenvalue weighted by Crippen LogP contribution is -1.82. The molecule has 0 rings (SSSR count). The molecule has 0 aliphatic heterocycles. The standard InChI is InChI=1S/C16H30/c1-4-6-8-9-10-11-13-15-16(3)14-12-7-5-2/h4,14H,1,5-13,15H2,2-3H3. The summed E-state index contributed by atoms with van der Waals surface area (Å²) in [6.45, 7) is 8.29. The van der Waals surface area contributed by atoms with Crippen LogP contribution in [0.15, 0.2) is 24.3 Å². The van der Waals surface area contributed by atoms with Gasteiger partial charge in [-0.3, -0.25) is 0 Å². The highest BCUT2D eigenvalue weighted by molar-refractivity contribution is 4.97. The van der Waals surface area contributed by atoms with E-state index in [1.165, 1.54) is 64.2 Å². The van der Waals surface area contributed by atoms with E-state index in [-0.39, 0.29) is 0 Å². The third-order valence-corrected chi connectivity index (χ3v) is 3.03. The van der Waals surface area contributed by atoms with Crippen LogP contribution in [0.1, 0.15) is 78.1 Å². The second-order valence-corrected chi connectivity index (χ2v) is 4.79. The van der Waals surface area contributed by atoms with E-state index >= 15 is 0 Å². The molecule has 0 aromatic carbocycles. The molecule has 0 aromatic heterocycles. The molecule has 0 saturated carbocycles. The van der Waals surface area contributed by atoms with Gasteiger partial charge in [0.05, 0.1) is 0 Å². The number of hydrogen-bond donors (Lipinski definition) is 0. The number of hydrogen-bond acceptors (Lipinski definition) is 0. The summed E-state index contributed by atoms with van der Waals surface area (Å²) in [6.07, 6.45) is 17.8. The second kappa shape index (κ2) is 12.5. The third-order valence-electron chi connectivity index (χ3n) is 3.03. The van der Waals surface area contributed by atoms with E-state index in [1.807, 2.05) is 6.08 Å². The van der Waals surface area contributed by atoms with Crippen molar-refractivity contribution in [3.8, 4) is 0 Å². The Morgan fingerprint density at radius 1 is 0.938 bits per heavy atom. The van der Waals surface area contributed by atoms with E-state index < -0.39 is 0 Å². The first-order chi connectivity index (χ1) is 7.81. The van der Waals surface area contributed by atoms with E-state index in [0.717, 1.165) is 0 Å². The number of allylic oxidation sites excluding steroid dienone is 3. The summed E-state index contributed by atoms with van der Waals surface area (Å²) in [5.74, 6) is 0. The minimum absolute atomic E-state index is 1.19. The van der Waals surface area contributed by atoms with Crippen LogP contribution >= 0.6 is 0 Å². The van der Waals surface area contributed by atoms with Crippen LogP contribution in [0.4, 0.5) is 0 Å². The van der Waals surface area contributed by atoms with Crippen LogP contribution in [0.3, 0.4) is 0 Å². The Labute approximate surface area is 103 Å². The summed E-state index contributed by atoms with van der Waals surface area (Å²) in [4.78, 5) is 0. The highest BCUT2D eigenvalue weighted by Crippen LogP contribution is 2.12. The number of rotatable bonds is 11. The van der Waals surface area contributed by atoms with Crippen LogP contribution < -0.4 is 0 Å². The van der Waals surface area contributed by atoms with Gasteiger partial charge in [0.25, 0.3) is 0 Å². The lowest BCUT2D eigenvalue weighted by molar-refractivity contribution is 0.615. The number of unbranched alkanes of at least 4 members (excludes halogenated alkanes) is 7. The van der Waals surface area contributed by atoms with Crippen molar-refractivity contribution in [2.75, 3.05) is 0 Å². The zero-order valence-corrected chi connectivity index (χ0v) is 11.4. The van der Waals surface area contributed by atoms with E-state index in [1.54, 1.807) is 5.57 Å². The van der Waals surface area contributed by atoms with Gasteiger partial charge in [0.2, 0.25) is 0 Å². The summed E-state index contributed by atoms with van der Waals surface area (Å²) in [7, 11) is 0. The van der Waals surface area contributed by atoms with Crippen molar-refractivity contribution >= 4 is 0 Å². The minimum Gasteiger partial charge on any atom is -0.103 e. The molecule has 0 fully saturated rings. The zero-order valence-electron chi connectivity index (χ0n) is 11.4. The van der Waals surface area contributed by atoms with E-state index in [4.69, 9.17) is 0 Å². The van der Waals surface area contributed by atoms with E-state index in [9.17, 15) is 0 Å². The van der Waals surface area contributed by atoms with Crippen molar-refractivity contribution in [1.82, 2.24) is 0 Å². The van der Waals surface area contributed by atoms with E-state index in [0.29, 0.717) is 0 Å². The Bertz CT molecular complexity index is 176. The minimum atomic E-state index is 1.19. The highest BCUT2D eigenvalue weighted by atomic mass is 14.0. The van der Waals surface area contributed by atoms with Crippen molar-refractivity contribution in [2.45, 2.75) is 78.1 Å². The van der Waals surface area contributed by atoms with E-state index in [2.05, 4.69) is 26.5 Å². The maximum Gasteiger partial charge on any atom is -0.0323 e. The SMILES string of the molecule is C=CCCCCCCCC(C)=CCCCC. The molecule has 0 aliphatic rings. The molecule has 0 amide bonds. The molecule has 0 radical (unpaired) electrons. The average Bonchev–Trinajstić information content (AvgIpc) is 2.28. The lowest BCUT2D eigenvalue weighted by Gasteiger charge is -2.02. The molecule has 0 bridgehead atoms. The van der Waals surface area contributed by atoms with Gasteiger partial charge in [0, 0.05) is 0 Å². The zero-order chi connectivity index (χ0) is 12.1. The largest absolute Gasteiger partial charge is 0.103 e. The van der Waals surface area contributed by atoms with Gasteiger partial charge in [0.15, 0.2) is 0 Å². The molecule has 0 unspecified atom stereocenters.